The van der Waals surface area contributed by atoms with Crippen molar-refractivity contribution in [2.45, 2.75) is 26.9 Å². The van der Waals surface area contributed by atoms with Gasteiger partial charge in [-0.15, -0.1) is 0 Å². The van der Waals surface area contributed by atoms with E-state index in [0.29, 0.717) is 12.3 Å². The van der Waals surface area contributed by atoms with E-state index in [-0.39, 0.29) is 18.3 Å². The molecule has 1 rings (SSSR count). The first-order valence-corrected chi connectivity index (χ1v) is 6.08. The maximum atomic E-state index is 12.2. The molecular weight excluding hydrogens is 248 g/mol. The van der Waals surface area contributed by atoms with Crippen LogP contribution in [0, 0.1) is 0 Å². The van der Waals surface area contributed by atoms with Crippen LogP contribution in [-0.4, -0.2) is 46.1 Å². The Labute approximate surface area is 112 Å². The number of carbonyl (C=O) groups excluding carboxylic acids is 1. The van der Waals surface area contributed by atoms with Crippen molar-refractivity contribution < 1.29 is 19.4 Å². The van der Waals surface area contributed by atoms with Gasteiger partial charge in [-0.25, -0.2) is 4.98 Å². The molecule has 0 aromatic carbocycles. The van der Waals surface area contributed by atoms with Crippen molar-refractivity contribution in [3.63, 3.8) is 0 Å². The van der Waals surface area contributed by atoms with Crippen LogP contribution in [0.15, 0.2) is 18.3 Å². The monoisotopic (exact) mass is 266 g/mol. The van der Waals surface area contributed by atoms with Gasteiger partial charge in [-0.1, -0.05) is 0 Å². The Balaban J connectivity index is 3.00. The quantitative estimate of drug-likeness (QED) is 0.842. The Hall–Kier alpha value is -2.11. The van der Waals surface area contributed by atoms with E-state index in [0.717, 1.165) is 0 Å². The third-order valence-corrected chi connectivity index (χ3v) is 2.33. The summed E-state index contributed by atoms with van der Waals surface area (Å²) in [6.07, 6.45) is 1.39. The molecule has 0 aliphatic rings. The van der Waals surface area contributed by atoms with Crippen LogP contribution >= 0.6 is 0 Å². The second kappa shape index (κ2) is 6.72. The summed E-state index contributed by atoms with van der Waals surface area (Å²) in [5.74, 6) is -1.13. The minimum absolute atomic E-state index is 0.0923. The van der Waals surface area contributed by atoms with Crippen LogP contribution in [0.4, 0.5) is 0 Å². The molecule has 0 aliphatic heterocycles. The molecular formula is C13H18N2O4. The fourth-order valence-corrected chi connectivity index (χ4v) is 1.54. The van der Waals surface area contributed by atoms with E-state index in [4.69, 9.17) is 9.84 Å². The summed E-state index contributed by atoms with van der Waals surface area (Å²) >= 11 is 0. The molecule has 1 N–H and O–H groups in total. The molecule has 0 saturated heterocycles. The molecule has 6 heteroatoms. The Morgan fingerprint density at radius 1 is 1.47 bits per heavy atom. The van der Waals surface area contributed by atoms with Crippen molar-refractivity contribution in [3.8, 4) is 5.75 Å². The van der Waals surface area contributed by atoms with Crippen LogP contribution in [0.5, 0.6) is 5.75 Å². The highest BCUT2D eigenvalue weighted by Crippen LogP contribution is 2.18. The van der Waals surface area contributed by atoms with Gasteiger partial charge in [0.2, 0.25) is 0 Å². The molecule has 0 spiro atoms. The lowest BCUT2D eigenvalue weighted by molar-refractivity contribution is -0.137. The molecule has 0 fully saturated rings. The van der Waals surface area contributed by atoms with Gasteiger partial charge in [0.15, 0.2) is 11.4 Å². The Morgan fingerprint density at radius 3 is 2.68 bits per heavy atom. The van der Waals surface area contributed by atoms with E-state index in [1.807, 2.05) is 13.8 Å². The van der Waals surface area contributed by atoms with Gasteiger partial charge in [0, 0.05) is 12.7 Å². The second-order valence-electron chi connectivity index (χ2n) is 4.23. The number of rotatable bonds is 6. The first-order valence-electron chi connectivity index (χ1n) is 6.08. The highest BCUT2D eigenvalue weighted by Gasteiger charge is 2.22. The number of carboxylic acids is 1. The van der Waals surface area contributed by atoms with Crippen molar-refractivity contribution >= 4 is 11.9 Å². The molecule has 0 bridgehead atoms. The molecule has 0 saturated carbocycles. The number of carboxylic acid groups (broad SMARTS) is 1. The lowest BCUT2D eigenvalue weighted by Gasteiger charge is -2.20. The van der Waals surface area contributed by atoms with Gasteiger partial charge < -0.3 is 14.7 Å². The summed E-state index contributed by atoms with van der Waals surface area (Å²) in [7, 11) is 0. The maximum absolute atomic E-state index is 12.2. The zero-order valence-corrected chi connectivity index (χ0v) is 11.3. The first kappa shape index (κ1) is 14.9. The highest BCUT2D eigenvalue weighted by molar-refractivity contribution is 5.96. The van der Waals surface area contributed by atoms with E-state index in [1.165, 1.54) is 11.1 Å². The van der Waals surface area contributed by atoms with Crippen LogP contribution in [-0.2, 0) is 4.79 Å². The van der Waals surface area contributed by atoms with Crippen LogP contribution in [0.3, 0.4) is 0 Å². The van der Waals surface area contributed by atoms with Crippen molar-refractivity contribution in [2.24, 2.45) is 0 Å². The van der Waals surface area contributed by atoms with Crippen LogP contribution in [0.1, 0.15) is 31.3 Å². The number of pyridine rings is 1. The Morgan fingerprint density at radius 2 is 2.16 bits per heavy atom. The van der Waals surface area contributed by atoms with Crippen molar-refractivity contribution in [1.82, 2.24) is 9.88 Å². The van der Waals surface area contributed by atoms with Crippen LogP contribution in [0.25, 0.3) is 0 Å². The van der Waals surface area contributed by atoms with E-state index >= 15 is 0 Å². The number of aromatic nitrogens is 1. The van der Waals surface area contributed by atoms with Gasteiger partial charge in [0.05, 0.1) is 6.10 Å². The summed E-state index contributed by atoms with van der Waals surface area (Å²) in [4.78, 5) is 28.2. The minimum atomic E-state index is -1.06. The smallest absolute Gasteiger partial charge is 0.323 e. The summed E-state index contributed by atoms with van der Waals surface area (Å²) in [6, 6.07) is 3.32. The lowest BCUT2D eigenvalue weighted by Crippen LogP contribution is -2.36. The van der Waals surface area contributed by atoms with Gasteiger partial charge in [0.1, 0.15) is 6.54 Å². The number of carbonyl (C=O) groups is 2. The van der Waals surface area contributed by atoms with E-state index < -0.39 is 11.9 Å². The van der Waals surface area contributed by atoms with E-state index in [9.17, 15) is 9.59 Å². The molecule has 0 unspecified atom stereocenters. The lowest BCUT2D eigenvalue weighted by atomic mass is 10.2. The van der Waals surface area contributed by atoms with Crippen LogP contribution < -0.4 is 4.74 Å². The topological polar surface area (TPSA) is 79.7 Å². The minimum Gasteiger partial charge on any atom is -0.489 e. The van der Waals surface area contributed by atoms with Crippen molar-refractivity contribution in [3.05, 3.63) is 24.0 Å². The molecule has 1 heterocycles. The van der Waals surface area contributed by atoms with E-state index in [2.05, 4.69) is 4.98 Å². The predicted molar refractivity (Wildman–Crippen MR) is 69.2 cm³/mol. The molecule has 1 aromatic rings. The molecule has 1 amide bonds. The molecule has 6 nitrogen and oxygen atoms in total. The highest BCUT2D eigenvalue weighted by atomic mass is 16.5. The van der Waals surface area contributed by atoms with Gasteiger partial charge >= 0.3 is 5.97 Å². The predicted octanol–water partition coefficient (Wildman–Crippen LogP) is 1.42. The third-order valence-electron chi connectivity index (χ3n) is 2.33. The number of likely N-dealkylation sites (N-methyl/N-ethyl adjacent to an activating group) is 1. The van der Waals surface area contributed by atoms with Gasteiger partial charge in [-0.05, 0) is 32.9 Å². The number of nitrogens with zero attached hydrogens (tertiary/aromatic N) is 2. The first-order chi connectivity index (χ1) is 8.95. The molecule has 1 aromatic heterocycles. The number of hydrogen-bond donors (Lipinski definition) is 1. The normalized spacial score (nSPS) is 10.3. The molecule has 0 atom stereocenters. The van der Waals surface area contributed by atoms with Gasteiger partial charge in [-0.3, -0.25) is 9.59 Å². The summed E-state index contributed by atoms with van der Waals surface area (Å²) in [5.41, 5.74) is 0.138. The van der Waals surface area contributed by atoms with Gasteiger partial charge in [-0.2, -0.15) is 0 Å². The maximum Gasteiger partial charge on any atom is 0.323 e. The summed E-state index contributed by atoms with van der Waals surface area (Å²) in [5, 5.41) is 8.78. The van der Waals surface area contributed by atoms with E-state index in [1.54, 1.807) is 19.1 Å². The Kier molecular flexibility index (Phi) is 5.29. The zero-order valence-electron chi connectivity index (χ0n) is 11.3. The Bertz CT molecular complexity index is 460. The fourth-order valence-electron chi connectivity index (χ4n) is 1.54. The third kappa shape index (κ3) is 4.24. The molecule has 104 valence electrons. The van der Waals surface area contributed by atoms with Crippen molar-refractivity contribution in [1.29, 1.82) is 0 Å². The summed E-state index contributed by atoms with van der Waals surface area (Å²) < 4.78 is 5.51. The average molecular weight is 266 g/mol. The number of aliphatic carboxylic acids is 1. The summed E-state index contributed by atoms with van der Waals surface area (Å²) in [6.45, 7) is 5.34. The molecule has 19 heavy (non-hydrogen) atoms. The zero-order chi connectivity index (χ0) is 14.4. The van der Waals surface area contributed by atoms with Crippen molar-refractivity contribution in [2.75, 3.05) is 13.1 Å². The SMILES string of the molecule is CCN(CC(=O)O)C(=O)c1ncccc1OC(C)C. The van der Waals surface area contributed by atoms with Crippen LogP contribution in [0.2, 0.25) is 0 Å². The average Bonchev–Trinajstić information content (AvgIpc) is 2.35. The number of hydrogen-bond acceptors (Lipinski definition) is 4. The number of ether oxygens (including phenoxy) is 1. The second-order valence-corrected chi connectivity index (χ2v) is 4.23. The fraction of sp³-hybridized carbons (Fsp3) is 0.462. The van der Waals surface area contributed by atoms with Gasteiger partial charge in [0.25, 0.3) is 5.91 Å². The standard InChI is InChI=1S/C13H18N2O4/c1-4-15(8-11(16)17)13(18)12-10(19-9(2)3)6-5-7-14-12/h5-7,9H,4,8H2,1-3H3,(H,16,17). The largest absolute Gasteiger partial charge is 0.489 e. The molecule has 0 aliphatic carbocycles. The number of amides is 1. The molecule has 0 radical (unpaired) electrons.